The highest BCUT2D eigenvalue weighted by molar-refractivity contribution is 5.99. The summed E-state index contributed by atoms with van der Waals surface area (Å²) in [5, 5.41) is 14.3. The molecule has 1 aliphatic carbocycles. The molecule has 0 fully saturated rings. The standard InChI is InChI=1S/C21H24N6O3/c1-26-19(16(12-22-26)20(28)30-2)25-21(29)24-17-9-6-10-18-15(17)11-23-27(18)13-14-7-4-3-5-8-14/h3-5,7-8,11-12,17H,6,9-10,13H2,1-2H3,(H2,24,25,29). The molecule has 1 aromatic carbocycles. The number of hydrogen-bond donors (Lipinski definition) is 2. The maximum atomic E-state index is 12.7. The Labute approximate surface area is 174 Å². The highest BCUT2D eigenvalue weighted by Gasteiger charge is 2.26. The largest absolute Gasteiger partial charge is 0.465 e. The van der Waals surface area contributed by atoms with Crippen LogP contribution in [0.25, 0.3) is 0 Å². The number of anilines is 1. The summed E-state index contributed by atoms with van der Waals surface area (Å²) in [5.74, 6) is -0.268. The number of aryl methyl sites for hydroxylation is 1. The molecule has 0 radical (unpaired) electrons. The molecule has 0 saturated heterocycles. The van der Waals surface area contributed by atoms with Crippen LogP contribution in [0.4, 0.5) is 10.6 Å². The van der Waals surface area contributed by atoms with Crippen molar-refractivity contribution in [2.75, 3.05) is 12.4 Å². The molecule has 1 unspecified atom stereocenters. The van der Waals surface area contributed by atoms with Gasteiger partial charge in [0.25, 0.3) is 0 Å². The summed E-state index contributed by atoms with van der Waals surface area (Å²) in [6, 6.07) is 9.63. The van der Waals surface area contributed by atoms with Gasteiger partial charge >= 0.3 is 12.0 Å². The number of hydrogen-bond acceptors (Lipinski definition) is 5. The average molecular weight is 408 g/mol. The summed E-state index contributed by atoms with van der Waals surface area (Å²) < 4.78 is 8.18. The second-order valence-electron chi connectivity index (χ2n) is 7.26. The van der Waals surface area contributed by atoms with Gasteiger partial charge in [0.05, 0.1) is 32.1 Å². The molecule has 2 aromatic heterocycles. The Hall–Kier alpha value is -3.62. The summed E-state index contributed by atoms with van der Waals surface area (Å²) in [6.45, 7) is 0.701. The van der Waals surface area contributed by atoms with E-state index in [-0.39, 0.29) is 17.4 Å². The highest BCUT2D eigenvalue weighted by Crippen LogP contribution is 2.30. The second kappa shape index (κ2) is 8.40. The lowest BCUT2D eigenvalue weighted by Crippen LogP contribution is -2.35. The number of rotatable bonds is 5. The van der Waals surface area contributed by atoms with Gasteiger partial charge in [0.2, 0.25) is 0 Å². The number of ether oxygens (including phenoxy) is 1. The van der Waals surface area contributed by atoms with E-state index in [0.29, 0.717) is 6.54 Å². The Balaban J connectivity index is 1.48. The zero-order valence-corrected chi connectivity index (χ0v) is 17.0. The maximum Gasteiger partial charge on any atom is 0.343 e. The number of aromatic nitrogens is 4. The van der Waals surface area contributed by atoms with Crippen molar-refractivity contribution in [3.8, 4) is 0 Å². The van der Waals surface area contributed by atoms with E-state index in [1.807, 2.05) is 29.1 Å². The van der Waals surface area contributed by atoms with Crippen LogP contribution in [0.5, 0.6) is 0 Å². The van der Waals surface area contributed by atoms with Crippen LogP contribution in [-0.2, 0) is 24.8 Å². The topological polar surface area (TPSA) is 103 Å². The highest BCUT2D eigenvalue weighted by atomic mass is 16.5. The van der Waals surface area contributed by atoms with E-state index in [0.717, 1.165) is 30.5 Å². The molecule has 0 saturated carbocycles. The van der Waals surface area contributed by atoms with E-state index < -0.39 is 12.0 Å². The van der Waals surface area contributed by atoms with Gasteiger partial charge in [-0.1, -0.05) is 30.3 Å². The molecule has 0 spiro atoms. The van der Waals surface area contributed by atoms with Crippen LogP contribution in [0, 0.1) is 0 Å². The van der Waals surface area contributed by atoms with Crippen molar-refractivity contribution in [2.24, 2.45) is 7.05 Å². The van der Waals surface area contributed by atoms with E-state index >= 15 is 0 Å². The minimum Gasteiger partial charge on any atom is -0.465 e. The molecule has 9 nitrogen and oxygen atoms in total. The Morgan fingerprint density at radius 1 is 1.20 bits per heavy atom. The molecule has 2 N–H and O–H groups in total. The predicted octanol–water partition coefficient (Wildman–Crippen LogP) is 2.65. The Bertz CT molecular complexity index is 1060. The fourth-order valence-corrected chi connectivity index (χ4v) is 3.81. The third kappa shape index (κ3) is 3.91. The monoisotopic (exact) mass is 408 g/mol. The Morgan fingerprint density at radius 3 is 2.77 bits per heavy atom. The van der Waals surface area contributed by atoms with Crippen LogP contribution in [0.3, 0.4) is 0 Å². The van der Waals surface area contributed by atoms with E-state index in [2.05, 4.69) is 33.0 Å². The molecule has 3 aromatic rings. The van der Waals surface area contributed by atoms with Crippen molar-refractivity contribution < 1.29 is 14.3 Å². The van der Waals surface area contributed by atoms with Gasteiger partial charge in [0.15, 0.2) is 0 Å². The van der Waals surface area contributed by atoms with E-state index in [1.54, 1.807) is 7.05 Å². The summed E-state index contributed by atoms with van der Waals surface area (Å²) in [5.41, 5.74) is 3.56. The minimum atomic E-state index is -0.555. The summed E-state index contributed by atoms with van der Waals surface area (Å²) in [4.78, 5) is 24.5. The number of carbonyl (C=O) groups excluding carboxylic acids is 2. The summed E-state index contributed by atoms with van der Waals surface area (Å²) in [6.07, 6.45) is 5.92. The van der Waals surface area contributed by atoms with Crippen LogP contribution in [0.2, 0.25) is 0 Å². The number of methoxy groups -OCH3 is 1. The van der Waals surface area contributed by atoms with Gasteiger partial charge < -0.3 is 10.1 Å². The first-order valence-corrected chi connectivity index (χ1v) is 9.83. The first-order valence-electron chi connectivity index (χ1n) is 9.83. The molecule has 0 bridgehead atoms. The number of amides is 2. The van der Waals surface area contributed by atoms with Crippen molar-refractivity contribution in [3.05, 3.63) is 65.1 Å². The van der Waals surface area contributed by atoms with E-state index in [1.165, 1.54) is 23.6 Å². The number of benzene rings is 1. The molecule has 1 aliphatic rings. The van der Waals surface area contributed by atoms with Gasteiger partial charge in [0, 0.05) is 18.3 Å². The zero-order chi connectivity index (χ0) is 21.1. The first-order chi connectivity index (χ1) is 14.6. The molecule has 30 heavy (non-hydrogen) atoms. The third-order valence-electron chi connectivity index (χ3n) is 5.32. The second-order valence-corrected chi connectivity index (χ2v) is 7.26. The Morgan fingerprint density at radius 2 is 2.00 bits per heavy atom. The minimum absolute atomic E-state index is 0.145. The lowest BCUT2D eigenvalue weighted by atomic mass is 9.93. The SMILES string of the molecule is COC(=O)c1cnn(C)c1NC(=O)NC1CCCc2c1cnn2Cc1ccccc1. The van der Waals surface area contributed by atoms with Crippen LogP contribution < -0.4 is 10.6 Å². The normalized spacial score (nSPS) is 15.3. The van der Waals surface area contributed by atoms with Crippen molar-refractivity contribution in [3.63, 3.8) is 0 Å². The molecule has 0 aliphatic heterocycles. The van der Waals surface area contributed by atoms with Gasteiger partial charge in [-0.2, -0.15) is 10.2 Å². The fourth-order valence-electron chi connectivity index (χ4n) is 3.81. The average Bonchev–Trinajstić information content (AvgIpc) is 3.33. The smallest absolute Gasteiger partial charge is 0.343 e. The summed E-state index contributed by atoms with van der Waals surface area (Å²) >= 11 is 0. The molecular formula is C21H24N6O3. The molecule has 1 atom stereocenters. The first kappa shape index (κ1) is 19.7. The number of fused-ring (bicyclic) bond motifs is 1. The maximum absolute atomic E-state index is 12.7. The van der Waals surface area contributed by atoms with Crippen LogP contribution >= 0.6 is 0 Å². The van der Waals surface area contributed by atoms with E-state index in [9.17, 15) is 9.59 Å². The van der Waals surface area contributed by atoms with Gasteiger partial charge in [0.1, 0.15) is 11.4 Å². The number of carbonyl (C=O) groups is 2. The molecule has 156 valence electrons. The van der Waals surface area contributed by atoms with Crippen molar-refractivity contribution in [1.29, 1.82) is 0 Å². The van der Waals surface area contributed by atoms with Gasteiger partial charge in [-0.3, -0.25) is 14.7 Å². The molecule has 2 heterocycles. The lowest BCUT2D eigenvalue weighted by molar-refractivity contribution is 0.0602. The number of urea groups is 1. The fraction of sp³-hybridized carbons (Fsp3) is 0.333. The quantitative estimate of drug-likeness (QED) is 0.632. The van der Waals surface area contributed by atoms with Gasteiger partial charge in [-0.05, 0) is 24.8 Å². The van der Waals surface area contributed by atoms with Crippen LogP contribution in [0.1, 0.15) is 46.1 Å². The summed E-state index contributed by atoms with van der Waals surface area (Å²) in [7, 11) is 2.93. The molecule has 9 heteroatoms. The molecule has 2 amide bonds. The van der Waals surface area contributed by atoms with Gasteiger partial charge in [-0.15, -0.1) is 0 Å². The van der Waals surface area contributed by atoms with Crippen molar-refractivity contribution >= 4 is 17.8 Å². The van der Waals surface area contributed by atoms with Crippen molar-refractivity contribution in [2.45, 2.75) is 31.8 Å². The third-order valence-corrected chi connectivity index (χ3v) is 5.32. The number of nitrogens with one attached hydrogen (secondary N) is 2. The van der Waals surface area contributed by atoms with Crippen LogP contribution in [-0.4, -0.2) is 38.7 Å². The lowest BCUT2D eigenvalue weighted by Gasteiger charge is -2.24. The molecular weight excluding hydrogens is 384 g/mol. The number of nitrogens with zero attached hydrogens (tertiary/aromatic N) is 4. The van der Waals surface area contributed by atoms with Gasteiger partial charge in [-0.25, -0.2) is 9.59 Å². The predicted molar refractivity (Wildman–Crippen MR) is 110 cm³/mol. The van der Waals surface area contributed by atoms with Crippen LogP contribution in [0.15, 0.2) is 42.7 Å². The van der Waals surface area contributed by atoms with E-state index in [4.69, 9.17) is 4.74 Å². The molecule has 4 rings (SSSR count). The Kier molecular flexibility index (Phi) is 5.51. The number of esters is 1. The zero-order valence-electron chi connectivity index (χ0n) is 17.0. The van der Waals surface area contributed by atoms with Crippen molar-refractivity contribution in [1.82, 2.24) is 24.9 Å².